The Morgan fingerprint density at radius 1 is 0.962 bits per heavy atom. The maximum atomic E-state index is 13.3. The highest BCUT2D eigenvalue weighted by Gasteiger charge is 2.55. The Kier molecular flexibility index (Phi) is 6.68. The molecule has 4 atom stereocenters. The van der Waals surface area contributed by atoms with Gasteiger partial charge >= 0.3 is 17.9 Å². The van der Waals surface area contributed by atoms with Crippen LogP contribution in [-0.2, 0) is 28.6 Å². The van der Waals surface area contributed by atoms with E-state index in [1.54, 1.807) is 13.8 Å². The Hall–Kier alpha value is -2.48. The zero-order valence-corrected chi connectivity index (χ0v) is 14.9. The van der Waals surface area contributed by atoms with E-state index in [4.69, 9.17) is 14.2 Å². The second-order valence-electron chi connectivity index (χ2n) is 5.75. The van der Waals surface area contributed by atoms with Crippen molar-refractivity contribution < 1.29 is 33.0 Å². The van der Waals surface area contributed by atoms with Gasteiger partial charge in [0.2, 0.25) is 0 Å². The van der Waals surface area contributed by atoms with Crippen molar-refractivity contribution in [2.45, 2.75) is 25.9 Å². The van der Waals surface area contributed by atoms with Crippen molar-refractivity contribution in [3.8, 4) is 0 Å². The highest BCUT2D eigenvalue weighted by molar-refractivity contribution is 5.91. The lowest BCUT2D eigenvalue weighted by molar-refractivity contribution is -0.162. The van der Waals surface area contributed by atoms with Gasteiger partial charge in [0.15, 0.2) is 0 Å². The zero-order chi connectivity index (χ0) is 19.3. The van der Waals surface area contributed by atoms with Gasteiger partial charge in [-0.15, -0.1) is 0 Å². The molecule has 7 nitrogen and oxygen atoms in total. The van der Waals surface area contributed by atoms with Crippen molar-refractivity contribution in [1.29, 1.82) is 0 Å². The van der Waals surface area contributed by atoms with E-state index in [9.17, 15) is 18.8 Å². The van der Waals surface area contributed by atoms with Gasteiger partial charge in [-0.25, -0.2) is 4.39 Å². The van der Waals surface area contributed by atoms with Crippen LogP contribution in [0.15, 0.2) is 24.3 Å². The van der Waals surface area contributed by atoms with Crippen LogP contribution in [0.3, 0.4) is 0 Å². The van der Waals surface area contributed by atoms with E-state index in [1.807, 2.05) is 0 Å². The number of nitrogens with one attached hydrogen (secondary N) is 1. The number of ether oxygens (including phenoxy) is 3. The minimum absolute atomic E-state index is 0.0972. The minimum Gasteiger partial charge on any atom is -0.468 e. The van der Waals surface area contributed by atoms with Crippen molar-refractivity contribution in [2.24, 2.45) is 11.8 Å². The zero-order valence-electron chi connectivity index (χ0n) is 14.9. The molecule has 0 spiro atoms. The van der Waals surface area contributed by atoms with Crippen LogP contribution in [0.25, 0.3) is 0 Å². The first kappa shape index (κ1) is 19.8. The average molecular weight is 367 g/mol. The molecule has 1 fully saturated rings. The topological polar surface area (TPSA) is 90.9 Å². The quantitative estimate of drug-likeness (QED) is 0.600. The molecule has 0 radical (unpaired) electrons. The fourth-order valence-corrected chi connectivity index (χ4v) is 3.17. The maximum Gasteiger partial charge on any atom is 0.323 e. The molecule has 8 heteroatoms. The molecule has 1 aromatic rings. The van der Waals surface area contributed by atoms with Crippen LogP contribution in [0.2, 0.25) is 0 Å². The second-order valence-corrected chi connectivity index (χ2v) is 5.75. The minimum atomic E-state index is -1.11. The molecule has 0 aromatic heterocycles. The number of benzene rings is 1. The second kappa shape index (κ2) is 8.75. The summed E-state index contributed by atoms with van der Waals surface area (Å²) in [6.07, 6.45) is 0. The van der Waals surface area contributed by atoms with E-state index < -0.39 is 47.6 Å². The van der Waals surface area contributed by atoms with E-state index in [0.717, 1.165) is 0 Å². The highest BCUT2D eigenvalue weighted by atomic mass is 19.1. The van der Waals surface area contributed by atoms with Gasteiger partial charge in [-0.2, -0.15) is 0 Å². The first-order chi connectivity index (χ1) is 12.4. The number of halogens is 1. The Labute approximate surface area is 150 Å². The van der Waals surface area contributed by atoms with E-state index in [-0.39, 0.29) is 13.2 Å². The third kappa shape index (κ3) is 4.01. The van der Waals surface area contributed by atoms with Crippen molar-refractivity contribution in [2.75, 3.05) is 20.3 Å². The smallest absolute Gasteiger partial charge is 0.323 e. The van der Waals surface area contributed by atoms with Crippen LogP contribution in [0, 0.1) is 17.7 Å². The molecule has 1 aliphatic rings. The van der Waals surface area contributed by atoms with E-state index in [0.29, 0.717) is 5.56 Å². The van der Waals surface area contributed by atoms with Crippen molar-refractivity contribution >= 4 is 17.9 Å². The number of methoxy groups -OCH3 is 1. The molecule has 1 heterocycles. The van der Waals surface area contributed by atoms with E-state index in [1.165, 1.54) is 31.4 Å². The van der Waals surface area contributed by atoms with Gasteiger partial charge in [-0.05, 0) is 31.5 Å². The lowest BCUT2D eigenvalue weighted by atomic mass is 9.84. The Morgan fingerprint density at radius 2 is 1.50 bits per heavy atom. The number of hydrogen-bond acceptors (Lipinski definition) is 7. The number of carbonyl (C=O) groups is 3. The van der Waals surface area contributed by atoms with Crippen LogP contribution in [-0.4, -0.2) is 44.3 Å². The molecule has 26 heavy (non-hydrogen) atoms. The predicted octanol–water partition coefficient (Wildman–Crippen LogP) is 1.37. The largest absolute Gasteiger partial charge is 0.468 e. The Morgan fingerprint density at radius 3 is 2.00 bits per heavy atom. The molecule has 0 saturated carbocycles. The summed E-state index contributed by atoms with van der Waals surface area (Å²) in [5, 5.41) is 2.96. The summed E-state index contributed by atoms with van der Waals surface area (Å²) in [6.45, 7) is 3.48. The average Bonchev–Trinajstić information content (AvgIpc) is 3.03. The SMILES string of the molecule is CCOC(=O)[C@@H]1[C@H](C(=O)OCC)[C@H](c2ccc(F)cc2)N[C@@H]1C(=O)OC. The summed E-state index contributed by atoms with van der Waals surface area (Å²) >= 11 is 0. The molecule has 1 aromatic carbocycles. The maximum absolute atomic E-state index is 13.3. The first-order valence-corrected chi connectivity index (χ1v) is 8.37. The summed E-state index contributed by atoms with van der Waals surface area (Å²) in [5.41, 5.74) is 0.546. The normalized spacial score (nSPS) is 24.8. The van der Waals surface area contributed by atoms with Gasteiger partial charge in [0.25, 0.3) is 0 Å². The van der Waals surface area contributed by atoms with Crippen molar-refractivity contribution in [1.82, 2.24) is 5.32 Å². The lowest BCUT2D eigenvalue weighted by Crippen LogP contribution is -2.42. The number of hydrogen-bond donors (Lipinski definition) is 1. The standard InChI is InChI=1S/C18H22FNO6/c1-4-25-16(21)12-13(17(22)26-5-2)15(18(23)24-3)20-14(12)10-6-8-11(19)9-7-10/h6-9,12-15,20H,4-5H2,1-3H3/t12-,13+,14-,15-/m0/s1. The predicted molar refractivity (Wildman–Crippen MR) is 88.3 cm³/mol. The van der Waals surface area contributed by atoms with Crippen LogP contribution in [0.5, 0.6) is 0 Å². The molecule has 0 aliphatic carbocycles. The third-order valence-corrected chi connectivity index (χ3v) is 4.27. The molecular formula is C18H22FNO6. The molecule has 1 aliphatic heterocycles. The van der Waals surface area contributed by atoms with Gasteiger partial charge in [-0.1, -0.05) is 12.1 Å². The van der Waals surface area contributed by atoms with Gasteiger partial charge in [-0.3, -0.25) is 19.7 Å². The molecule has 1 N–H and O–H groups in total. The first-order valence-electron chi connectivity index (χ1n) is 8.37. The van der Waals surface area contributed by atoms with Gasteiger partial charge in [0, 0.05) is 6.04 Å². The lowest BCUT2D eigenvalue weighted by Gasteiger charge is -2.22. The summed E-state index contributed by atoms with van der Waals surface area (Å²) < 4.78 is 28.2. The Balaban J connectivity index is 2.47. The number of carbonyl (C=O) groups excluding carboxylic acids is 3. The summed E-state index contributed by atoms with van der Waals surface area (Å²) in [6, 6.07) is 3.65. The van der Waals surface area contributed by atoms with Crippen molar-refractivity contribution in [3.05, 3.63) is 35.6 Å². The molecule has 0 bridgehead atoms. The van der Waals surface area contributed by atoms with Crippen molar-refractivity contribution in [3.63, 3.8) is 0 Å². The molecule has 142 valence electrons. The highest BCUT2D eigenvalue weighted by Crippen LogP contribution is 2.39. The monoisotopic (exact) mass is 367 g/mol. The van der Waals surface area contributed by atoms with Crippen LogP contribution in [0.1, 0.15) is 25.5 Å². The van der Waals surface area contributed by atoms with Gasteiger partial charge in [0.1, 0.15) is 11.9 Å². The molecule has 0 amide bonds. The molecular weight excluding hydrogens is 345 g/mol. The fourth-order valence-electron chi connectivity index (χ4n) is 3.17. The number of rotatable bonds is 6. The summed E-state index contributed by atoms with van der Waals surface area (Å²) in [4.78, 5) is 37.2. The van der Waals surface area contributed by atoms with Crippen LogP contribution in [0.4, 0.5) is 4.39 Å². The fraction of sp³-hybridized carbons (Fsp3) is 0.500. The molecule has 1 saturated heterocycles. The number of esters is 3. The van der Waals surface area contributed by atoms with E-state index in [2.05, 4.69) is 5.32 Å². The molecule has 0 unspecified atom stereocenters. The Bertz CT molecular complexity index is 662. The van der Waals surface area contributed by atoms with Gasteiger partial charge < -0.3 is 14.2 Å². The van der Waals surface area contributed by atoms with Crippen LogP contribution < -0.4 is 5.32 Å². The summed E-state index contributed by atoms with van der Waals surface area (Å²) in [5.74, 6) is -4.59. The third-order valence-electron chi connectivity index (χ3n) is 4.27. The van der Waals surface area contributed by atoms with Gasteiger partial charge in [0.05, 0.1) is 32.2 Å². The summed E-state index contributed by atoms with van der Waals surface area (Å²) in [7, 11) is 1.19. The van der Waals surface area contributed by atoms with Crippen LogP contribution >= 0.6 is 0 Å². The molecule has 2 rings (SSSR count). The van der Waals surface area contributed by atoms with E-state index >= 15 is 0 Å².